The molecule has 0 aromatic carbocycles. The van der Waals surface area contributed by atoms with Gasteiger partial charge in [0.05, 0.1) is 37.6 Å². The second-order valence-electron chi connectivity index (χ2n) is 8.01. The first-order chi connectivity index (χ1) is 16.1. The molecule has 0 amide bonds. The molecule has 1 fully saturated rings. The van der Waals surface area contributed by atoms with Crippen molar-refractivity contribution in [3.8, 4) is 29.6 Å². The number of pyridine rings is 1. The van der Waals surface area contributed by atoms with Crippen molar-refractivity contribution in [1.82, 2.24) is 29.6 Å². The molecule has 3 aromatic heterocycles. The first-order valence-electron chi connectivity index (χ1n) is 11.5. The highest BCUT2D eigenvalue weighted by Crippen LogP contribution is 2.27. The number of nitrogens with zero attached hydrogens (tertiary/aromatic N) is 5. The van der Waals surface area contributed by atoms with Crippen molar-refractivity contribution in [2.45, 2.75) is 39.7 Å². The number of unbranched alkanes of at least 4 members (excludes halogenated alkanes) is 1. The predicted octanol–water partition coefficient (Wildman–Crippen LogP) is 2.24. The molecule has 9 heteroatoms. The lowest BCUT2D eigenvalue weighted by atomic mass is 10.2. The minimum atomic E-state index is -0.291. The Morgan fingerprint density at radius 2 is 2.06 bits per heavy atom. The van der Waals surface area contributed by atoms with Gasteiger partial charge in [-0.25, -0.2) is 9.97 Å². The molecule has 33 heavy (non-hydrogen) atoms. The highest BCUT2D eigenvalue weighted by Gasteiger charge is 2.20. The topological polar surface area (TPSA) is 98.2 Å². The zero-order chi connectivity index (χ0) is 23.2. The van der Waals surface area contributed by atoms with Crippen molar-refractivity contribution in [3.05, 3.63) is 33.9 Å². The quantitative estimate of drug-likeness (QED) is 0.394. The number of H-pyrrole nitrogens is 1. The number of ether oxygens (including phenoxy) is 2. The molecule has 1 aliphatic heterocycles. The van der Waals surface area contributed by atoms with Gasteiger partial charge in [-0.3, -0.25) is 14.4 Å². The van der Waals surface area contributed by atoms with Gasteiger partial charge < -0.3 is 14.5 Å². The van der Waals surface area contributed by atoms with E-state index in [1.165, 1.54) is 0 Å². The largest absolute Gasteiger partial charge is 0.477 e. The van der Waals surface area contributed by atoms with E-state index >= 15 is 0 Å². The summed E-state index contributed by atoms with van der Waals surface area (Å²) < 4.78 is 13.2. The van der Waals surface area contributed by atoms with Crippen molar-refractivity contribution in [2.75, 3.05) is 39.5 Å². The second kappa shape index (κ2) is 10.6. The Morgan fingerprint density at radius 1 is 1.24 bits per heavy atom. The zero-order valence-electron chi connectivity index (χ0n) is 19.3. The van der Waals surface area contributed by atoms with Crippen molar-refractivity contribution < 1.29 is 9.47 Å². The third-order valence-corrected chi connectivity index (χ3v) is 5.78. The Balaban J connectivity index is 1.71. The number of morpholine rings is 1. The van der Waals surface area contributed by atoms with Crippen LogP contribution in [0, 0.1) is 12.3 Å². The van der Waals surface area contributed by atoms with Crippen LogP contribution in [-0.4, -0.2) is 69.1 Å². The van der Waals surface area contributed by atoms with Crippen LogP contribution in [0.1, 0.15) is 37.9 Å². The summed E-state index contributed by atoms with van der Waals surface area (Å²) in [7, 11) is 0. The maximum absolute atomic E-state index is 13.0. The minimum absolute atomic E-state index is 0.291. The van der Waals surface area contributed by atoms with Gasteiger partial charge in [-0.15, -0.1) is 6.42 Å². The van der Waals surface area contributed by atoms with Gasteiger partial charge in [0.25, 0.3) is 5.56 Å². The van der Waals surface area contributed by atoms with Crippen LogP contribution in [0.2, 0.25) is 0 Å². The van der Waals surface area contributed by atoms with E-state index in [0.29, 0.717) is 53.4 Å². The van der Waals surface area contributed by atoms with Gasteiger partial charge in [0.2, 0.25) is 5.88 Å². The normalized spacial score (nSPS) is 14.5. The number of aryl methyl sites for hydroxylation is 1. The van der Waals surface area contributed by atoms with E-state index in [9.17, 15) is 4.79 Å². The van der Waals surface area contributed by atoms with Gasteiger partial charge in [-0.05, 0) is 18.9 Å². The fourth-order valence-electron chi connectivity index (χ4n) is 3.92. The highest BCUT2D eigenvalue weighted by molar-refractivity contribution is 5.79. The maximum Gasteiger partial charge on any atom is 0.279 e. The van der Waals surface area contributed by atoms with Crippen molar-refractivity contribution in [1.29, 1.82) is 0 Å². The Morgan fingerprint density at radius 3 is 2.79 bits per heavy atom. The molecule has 0 aliphatic carbocycles. The Kier molecular flexibility index (Phi) is 7.37. The van der Waals surface area contributed by atoms with Crippen LogP contribution in [0.5, 0.6) is 5.88 Å². The number of aromatic nitrogens is 5. The average molecular weight is 451 g/mol. The lowest BCUT2D eigenvalue weighted by Gasteiger charge is -2.26. The maximum atomic E-state index is 13.0. The fraction of sp³-hybridized carbons (Fsp3) is 0.500. The molecule has 0 radical (unpaired) electrons. The molecule has 4 heterocycles. The lowest BCUT2D eigenvalue weighted by Crippen LogP contribution is -2.38. The summed E-state index contributed by atoms with van der Waals surface area (Å²) in [6.45, 7) is 9.51. The predicted molar refractivity (Wildman–Crippen MR) is 126 cm³/mol. The summed E-state index contributed by atoms with van der Waals surface area (Å²) >= 11 is 0. The van der Waals surface area contributed by atoms with Crippen LogP contribution >= 0.6 is 0 Å². The fourth-order valence-corrected chi connectivity index (χ4v) is 3.92. The molecule has 174 valence electrons. The summed E-state index contributed by atoms with van der Waals surface area (Å²) in [4.78, 5) is 27.4. The average Bonchev–Trinajstić information content (AvgIpc) is 3.21. The van der Waals surface area contributed by atoms with E-state index in [1.807, 2.05) is 11.6 Å². The van der Waals surface area contributed by atoms with E-state index in [2.05, 4.69) is 32.8 Å². The van der Waals surface area contributed by atoms with Crippen LogP contribution in [0.25, 0.3) is 22.4 Å². The Hall–Kier alpha value is -3.22. The molecule has 1 saturated heterocycles. The van der Waals surface area contributed by atoms with E-state index in [1.54, 1.807) is 12.3 Å². The molecule has 4 rings (SSSR count). The monoisotopic (exact) mass is 450 g/mol. The van der Waals surface area contributed by atoms with Crippen LogP contribution in [-0.2, 0) is 17.7 Å². The lowest BCUT2D eigenvalue weighted by molar-refractivity contribution is 0.0359. The smallest absolute Gasteiger partial charge is 0.279 e. The minimum Gasteiger partial charge on any atom is -0.477 e. The molecule has 1 N–H and O–H groups in total. The first-order valence-corrected chi connectivity index (χ1v) is 11.5. The number of rotatable bonds is 9. The van der Waals surface area contributed by atoms with Gasteiger partial charge in [-0.1, -0.05) is 26.2 Å². The number of nitrogens with one attached hydrogen (secondary N) is 1. The first kappa shape index (κ1) is 23.0. The van der Waals surface area contributed by atoms with Gasteiger partial charge in [0, 0.05) is 31.4 Å². The van der Waals surface area contributed by atoms with Crippen LogP contribution in [0.15, 0.2) is 17.1 Å². The molecular formula is C24H30N6O3. The van der Waals surface area contributed by atoms with E-state index in [-0.39, 0.29) is 5.56 Å². The SMILES string of the molecule is C#Cc1cnc(OCCCC)c(-c2nc3c(CC)n(CCN4CCOCC4)nc3c(=O)[nH]2)c1. The molecule has 1 aliphatic rings. The van der Waals surface area contributed by atoms with Gasteiger partial charge >= 0.3 is 0 Å². The Labute approximate surface area is 193 Å². The number of hydrogen-bond donors (Lipinski definition) is 1. The molecule has 0 bridgehead atoms. The number of hydrogen-bond acceptors (Lipinski definition) is 7. The van der Waals surface area contributed by atoms with Crippen LogP contribution < -0.4 is 10.3 Å². The zero-order valence-corrected chi connectivity index (χ0v) is 19.3. The number of fused-ring (bicyclic) bond motifs is 1. The molecule has 0 saturated carbocycles. The standard InChI is InChI=1S/C24H30N6O3/c1-4-7-12-33-24-18(15-17(5-2)16-25-24)22-26-20-19(6-3)30(28-21(20)23(31)27-22)9-8-29-10-13-32-14-11-29/h2,15-16H,4,6-14H2,1,3H3,(H,26,27,31). The summed E-state index contributed by atoms with van der Waals surface area (Å²) in [6.07, 6.45) is 9.78. The van der Waals surface area contributed by atoms with E-state index in [4.69, 9.17) is 20.9 Å². The third kappa shape index (κ3) is 5.07. The third-order valence-electron chi connectivity index (χ3n) is 5.78. The molecule has 3 aromatic rings. The summed E-state index contributed by atoms with van der Waals surface area (Å²) in [5.74, 6) is 3.38. The van der Waals surface area contributed by atoms with Gasteiger partial charge in [0.1, 0.15) is 11.3 Å². The Bertz CT molecular complexity index is 1200. The number of terminal acetylenes is 1. The van der Waals surface area contributed by atoms with Crippen molar-refractivity contribution in [2.24, 2.45) is 0 Å². The van der Waals surface area contributed by atoms with Crippen LogP contribution in [0.3, 0.4) is 0 Å². The van der Waals surface area contributed by atoms with Gasteiger partial charge in [0.15, 0.2) is 5.52 Å². The van der Waals surface area contributed by atoms with Crippen LogP contribution in [0.4, 0.5) is 0 Å². The summed E-state index contributed by atoms with van der Waals surface area (Å²) in [5.41, 5.74) is 2.74. The second-order valence-corrected chi connectivity index (χ2v) is 8.01. The summed E-state index contributed by atoms with van der Waals surface area (Å²) in [6, 6.07) is 1.77. The highest BCUT2D eigenvalue weighted by atomic mass is 16.5. The van der Waals surface area contributed by atoms with Crippen molar-refractivity contribution in [3.63, 3.8) is 0 Å². The van der Waals surface area contributed by atoms with E-state index in [0.717, 1.165) is 51.4 Å². The van der Waals surface area contributed by atoms with E-state index < -0.39 is 0 Å². The van der Waals surface area contributed by atoms with Crippen molar-refractivity contribution >= 4 is 11.0 Å². The van der Waals surface area contributed by atoms with Gasteiger partial charge in [-0.2, -0.15) is 5.10 Å². The summed E-state index contributed by atoms with van der Waals surface area (Å²) in [5, 5.41) is 4.59. The number of aromatic amines is 1. The molecule has 0 unspecified atom stereocenters. The molecular weight excluding hydrogens is 420 g/mol. The molecule has 0 spiro atoms. The molecule has 9 nitrogen and oxygen atoms in total. The molecule has 0 atom stereocenters.